The van der Waals surface area contributed by atoms with Crippen molar-refractivity contribution in [3.8, 4) is 5.88 Å². The number of methoxy groups -OCH3 is 1. The highest BCUT2D eigenvalue weighted by atomic mass is 32.2. The number of rotatable bonds is 13. The molecule has 0 spiro atoms. The van der Waals surface area contributed by atoms with Crippen LogP contribution in [0.25, 0.3) is 11.0 Å². The summed E-state index contributed by atoms with van der Waals surface area (Å²) in [6.07, 6.45) is 3.65. The van der Waals surface area contributed by atoms with Crippen molar-refractivity contribution in [3.63, 3.8) is 0 Å². The minimum absolute atomic E-state index is 0.0481. The number of thioether (sulfide) groups is 1. The van der Waals surface area contributed by atoms with Crippen molar-refractivity contribution in [2.24, 2.45) is 0 Å². The van der Waals surface area contributed by atoms with Crippen molar-refractivity contribution in [1.29, 1.82) is 0 Å². The Morgan fingerprint density at radius 1 is 1.19 bits per heavy atom. The predicted octanol–water partition coefficient (Wildman–Crippen LogP) is 4.63. The maximum atomic E-state index is 12.7. The minimum atomic E-state index is -0.385. The van der Waals surface area contributed by atoms with Crippen LogP contribution < -0.4 is 15.0 Å². The Morgan fingerprint density at radius 3 is 2.88 bits per heavy atom. The van der Waals surface area contributed by atoms with E-state index in [-0.39, 0.29) is 24.1 Å². The van der Waals surface area contributed by atoms with Gasteiger partial charge < -0.3 is 19.5 Å². The van der Waals surface area contributed by atoms with Crippen LogP contribution >= 0.6 is 11.8 Å². The van der Waals surface area contributed by atoms with Crippen molar-refractivity contribution in [2.45, 2.75) is 50.2 Å². The average Bonchev–Trinajstić information content (AvgIpc) is 3.36. The molecule has 12 heteroatoms. The van der Waals surface area contributed by atoms with E-state index in [2.05, 4.69) is 20.2 Å². The maximum Gasteiger partial charge on any atom is 0.414 e. The Kier molecular flexibility index (Phi) is 9.75. The highest BCUT2D eigenvalue weighted by Crippen LogP contribution is 2.35. The molecule has 222 valence electrons. The molecular weight excluding hydrogens is 558 g/mol. The van der Waals surface area contributed by atoms with Gasteiger partial charge in [-0.15, -0.1) is 11.8 Å². The number of hydrogen-bond donors (Lipinski definition) is 1. The molecule has 2 aliphatic rings. The van der Waals surface area contributed by atoms with E-state index in [0.29, 0.717) is 62.8 Å². The molecule has 1 fully saturated rings. The molecular formula is C30H35N5O6S. The molecule has 3 aromatic rings. The Morgan fingerprint density at radius 2 is 2.05 bits per heavy atom. The number of aromatic nitrogens is 2. The number of carbonyl (C=O) groups excluding carboxylic acids is 3. The van der Waals surface area contributed by atoms with Gasteiger partial charge in [-0.2, -0.15) is 0 Å². The fourth-order valence-corrected chi connectivity index (χ4v) is 5.95. The van der Waals surface area contributed by atoms with Crippen LogP contribution in [0.2, 0.25) is 0 Å². The van der Waals surface area contributed by atoms with Gasteiger partial charge in [0, 0.05) is 35.8 Å². The van der Waals surface area contributed by atoms with E-state index in [9.17, 15) is 14.4 Å². The van der Waals surface area contributed by atoms with Gasteiger partial charge in [-0.25, -0.2) is 9.78 Å². The van der Waals surface area contributed by atoms with Crippen LogP contribution in [0.3, 0.4) is 0 Å². The molecule has 11 nitrogen and oxygen atoms in total. The van der Waals surface area contributed by atoms with Crippen molar-refractivity contribution in [3.05, 3.63) is 48.2 Å². The van der Waals surface area contributed by atoms with Crippen molar-refractivity contribution < 1.29 is 28.6 Å². The van der Waals surface area contributed by atoms with Gasteiger partial charge in [0.2, 0.25) is 11.8 Å². The molecule has 0 bridgehead atoms. The SMILES string of the molecule is CCOC(=O)CCCN(CCC[C@@H]1CN(c2ccc3c(c2)NC(=O)CS3)C(=O)O1)Cc1ccnc2ccc(OC)nc12. The molecule has 4 heterocycles. The molecule has 1 aromatic carbocycles. The lowest BCUT2D eigenvalue weighted by atomic mass is 10.1. The summed E-state index contributed by atoms with van der Waals surface area (Å²) < 4.78 is 16.1. The van der Waals surface area contributed by atoms with E-state index >= 15 is 0 Å². The number of hydrogen-bond acceptors (Lipinski definition) is 10. The first-order valence-electron chi connectivity index (χ1n) is 14.1. The number of carbonyl (C=O) groups is 3. The topological polar surface area (TPSA) is 123 Å². The first-order chi connectivity index (χ1) is 20.4. The predicted molar refractivity (Wildman–Crippen MR) is 160 cm³/mol. The number of ether oxygens (including phenoxy) is 3. The number of benzene rings is 1. The van der Waals surface area contributed by atoms with Crippen LogP contribution in [0.1, 0.15) is 38.2 Å². The van der Waals surface area contributed by atoms with Crippen LogP contribution in [-0.4, -0.2) is 78.0 Å². The second-order valence-corrected chi connectivity index (χ2v) is 11.2. The molecule has 1 N–H and O–H groups in total. The van der Waals surface area contributed by atoms with Crippen LogP contribution in [-0.2, 0) is 25.6 Å². The molecule has 0 unspecified atom stereocenters. The summed E-state index contributed by atoms with van der Waals surface area (Å²) in [5.74, 6) is 0.671. The van der Waals surface area contributed by atoms with Gasteiger partial charge in [0.05, 0.1) is 42.7 Å². The summed E-state index contributed by atoms with van der Waals surface area (Å²) in [4.78, 5) is 50.4. The van der Waals surface area contributed by atoms with E-state index in [1.54, 1.807) is 31.2 Å². The number of esters is 1. The minimum Gasteiger partial charge on any atom is -0.481 e. The first-order valence-corrected chi connectivity index (χ1v) is 15.1. The fraction of sp³-hybridized carbons (Fsp3) is 0.433. The van der Waals surface area contributed by atoms with Gasteiger partial charge in [-0.3, -0.25) is 24.4 Å². The van der Waals surface area contributed by atoms with Crippen LogP contribution in [0.15, 0.2) is 47.5 Å². The third-order valence-electron chi connectivity index (χ3n) is 7.19. The summed E-state index contributed by atoms with van der Waals surface area (Å²) in [6, 6.07) is 11.3. The van der Waals surface area contributed by atoms with E-state index < -0.39 is 0 Å². The second kappa shape index (κ2) is 13.8. The number of nitrogens with one attached hydrogen (secondary N) is 1. The molecule has 42 heavy (non-hydrogen) atoms. The second-order valence-electron chi connectivity index (χ2n) is 10.2. The van der Waals surface area contributed by atoms with Crippen LogP contribution in [0, 0.1) is 0 Å². The van der Waals surface area contributed by atoms with Gasteiger partial charge in [0.25, 0.3) is 0 Å². The molecule has 0 aliphatic carbocycles. The van der Waals surface area contributed by atoms with Gasteiger partial charge >= 0.3 is 12.1 Å². The molecule has 1 atom stereocenters. The van der Waals surface area contributed by atoms with E-state index in [4.69, 9.17) is 14.2 Å². The Balaban J connectivity index is 1.21. The highest BCUT2D eigenvalue weighted by Gasteiger charge is 2.32. The summed E-state index contributed by atoms with van der Waals surface area (Å²) in [7, 11) is 1.59. The molecule has 2 aromatic heterocycles. The van der Waals surface area contributed by atoms with Gasteiger partial charge in [-0.1, -0.05) is 0 Å². The van der Waals surface area contributed by atoms with E-state index in [0.717, 1.165) is 40.1 Å². The maximum absolute atomic E-state index is 12.7. The number of cyclic esters (lactones) is 1. The van der Waals surface area contributed by atoms with Gasteiger partial charge in [-0.05, 0) is 75.2 Å². The summed E-state index contributed by atoms with van der Waals surface area (Å²) in [5.41, 5.74) is 4.02. The molecule has 1 saturated heterocycles. The molecule has 0 radical (unpaired) electrons. The zero-order valence-electron chi connectivity index (χ0n) is 23.8. The number of anilines is 2. The standard InChI is InChI=1S/C30H35N5O6S/c1-3-40-28(37)7-5-15-34(17-20-12-13-31-23-9-11-27(39-2)33-29(20)23)14-4-6-22-18-35(30(38)41-22)21-8-10-25-24(16-21)32-26(36)19-42-25/h8-13,16,22H,3-7,14-15,17-19H2,1-2H3,(H,32,36)/t22-/m1/s1. The molecule has 5 rings (SSSR count). The smallest absolute Gasteiger partial charge is 0.414 e. The van der Waals surface area contributed by atoms with Gasteiger partial charge in [0.1, 0.15) is 6.10 Å². The van der Waals surface area contributed by atoms with Crippen LogP contribution in [0.4, 0.5) is 16.2 Å². The number of amides is 2. The van der Waals surface area contributed by atoms with Gasteiger partial charge in [0.15, 0.2) is 0 Å². The number of fused-ring (bicyclic) bond motifs is 2. The number of pyridine rings is 2. The van der Waals surface area contributed by atoms with E-state index in [1.165, 1.54) is 11.8 Å². The van der Waals surface area contributed by atoms with Crippen molar-refractivity contribution >= 4 is 52.1 Å². The lowest BCUT2D eigenvalue weighted by molar-refractivity contribution is -0.143. The van der Waals surface area contributed by atoms with Crippen molar-refractivity contribution in [1.82, 2.24) is 14.9 Å². The number of nitrogens with zero attached hydrogens (tertiary/aromatic N) is 4. The zero-order valence-corrected chi connectivity index (χ0v) is 24.7. The lowest BCUT2D eigenvalue weighted by Gasteiger charge is -2.23. The molecule has 2 aliphatic heterocycles. The lowest BCUT2D eigenvalue weighted by Crippen LogP contribution is -2.28. The Labute approximate surface area is 248 Å². The molecule has 2 amide bonds. The fourth-order valence-electron chi connectivity index (χ4n) is 5.16. The Hall–Kier alpha value is -3.90. The average molecular weight is 594 g/mol. The van der Waals surface area contributed by atoms with E-state index in [1.807, 2.05) is 30.3 Å². The largest absolute Gasteiger partial charge is 0.481 e. The normalized spacial score (nSPS) is 16.4. The first kappa shape index (κ1) is 29.6. The highest BCUT2D eigenvalue weighted by molar-refractivity contribution is 8.00. The summed E-state index contributed by atoms with van der Waals surface area (Å²) in [5, 5.41) is 2.88. The molecule has 0 saturated carbocycles. The quantitative estimate of drug-likeness (QED) is 0.281. The third kappa shape index (κ3) is 7.29. The van der Waals surface area contributed by atoms with Crippen LogP contribution in [0.5, 0.6) is 5.88 Å². The monoisotopic (exact) mass is 593 g/mol. The third-order valence-corrected chi connectivity index (χ3v) is 8.26. The zero-order chi connectivity index (χ0) is 29.5. The summed E-state index contributed by atoms with van der Waals surface area (Å²) in [6.45, 7) is 4.68. The van der Waals surface area contributed by atoms with Crippen molar-refractivity contribution in [2.75, 3.05) is 49.3 Å². The summed E-state index contributed by atoms with van der Waals surface area (Å²) >= 11 is 1.48. The Bertz CT molecular complexity index is 1450.